The molecule has 2 atom stereocenters. The van der Waals surface area contributed by atoms with E-state index in [1.807, 2.05) is 39.8 Å². The zero-order valence-corrected chi connectivity index (χ0v) is 11.7. The van der Waals surface area contributed by atoms with E-state index in [9.17, 15) is 10.5 Å². The highest BCUT2D eigenvalue weighted by molar-refractivity contribution is 7.12. The first-order valence-corrected chi connectivity index (χ1v) is 6.70. The molecule has 3 heteroatoms. The van der Waals surface area contributed by atoms with E-state index in [0.717, 1.165) is 22.6 Å². The van der Waals surface area contributed by atoms with Gasteiger partial charge in [0.15, 0.2) is 0 Å². The van der Waals surface area contributed by atoms with Gasteiger partial charge in [-0.15, -0.1) is 11.3 Å². The number of nitriles is 2. The van der Waals surface area contributed by atoms with Crippen LogP contribution in [-0.4, -0.2) is 0 Å². The number of hydrogen-bond donors (Lipinski definition) is 0. The number of rotatable bonds is 4. The van der Waals surface area contributed by atoms with Gasteiger partial charge in [0.25, 0.3) is 0 Å². The van der Waals surface area contributed by atoms with E-state index in [1.165, 1.54) is 0 Å². The Hall–Kier alpha value is -1.32. The maximum atomic E-state index is 9.26. The fraction of sp³-hybridized carbons (Fsp3) is 0.571. The van der Waals surface area contributed by atoms with Gasteiger partial charge in [0, 0.05) is 9.75 Å². The third-order valence-corrected chi connectivity index (χ3v) is 5.21. The van der Waals surface area contributed by atoms with Gasteiger partial charge in [-0.05, 0) is 38.8 Å². The molecule has 0 aliphatic heterocycles. The molecule has 0 aromatic carbocycles. The molecule has 0 amide bonds. The molecule has 0 spiro atoms. The minimum absolute atomic E-state index is 0.424. The third-order valence-electron chi connectivity index (χ3n) is 3.60. The molecule has 17 heavy (non-hydrogen) atoms. The van der Waals surface area contributed by atoms with E-state index in [0.29, 0.717) is 0 Å². The summed E-state index contributed by atoms with van der Waals surface area (Å²) in [6.07, 6.45) is 1.58. The van der Waals surface area contributed by atoms with Crippen LogP contribution >= 0.6 is 11.3 Å². The quantitative estimate of drug-likeness (QED) is 0.802. The van der Waals surface area contributed by atoms with Gasteiger partial charge in [-0.2, -0.15) is 10.5 Å². The lowest BCUT2D eigenvalue weighted by Gasteiger charge is -2.19. The van der Waals surface area contributed by atoms with E-state index < -0.39 is 10.8 Å². The van der Waals surface area contributed by atoms with Crippen LogP contribution in [0.5, 0.6) is 0 Å². The van der Waals surface area contributed by atoms with Crippen molar-refractivity contribution in [1.29, 1.82) is 10.5 Å². The van der Waals surface area contributed by atoms with Crippen LogP contribution in [0.3, 0.4) is 0 Å². The molecule has 0 bridgehead atoms. The van der Waals surface area contributed by atoms with Crippen LogP contribution in [0.4, 0.5) is 0 Å². The van der Waals surface area contributed by atoms with Gasteiger partial charge in [0.05, 0.1) is 23.0 Å². The zero-order chi connectivity index (χ0) is 13.1. The topological polar surface area (TPSA) is 47.6 Å². The normalized spacial score (nSPS) is 17.5. The summed E-state index contributed by atoms with van der Waals surface area (Å²) in [6.45, 7) is 7.95. The fourth-order valence-electron chi connectivity index (χ4n) is 1.55. The summed E-state index contributed by atoms with van der Waals surface area (Å²) >= 11 is 1.60. The minimum atomic E-state index is -0.424. The van der Waals surface area contributed by atoms with Gasteiger partial charge < -0.3 is 0 Å². The van der Waals surface area contributed by atoms with Crippen molar-refractivity contribution in [2.24, 2.45) is 0 Å². The molecule has 0 saturated carbocycles. The molecule has 0 N–H and O–H groups in total. The summed E-state index contributed by atoms with van der Waals surface area (Å²) in [4.78, 5) is 2.12. The van der Waals surface area contributed by atoms with Crippen molar-refractivity contribution in [2.75, 3.05) is 0 Å². The highest BCUT2D eigenvalue weighted by atomic mass is 32.1. The van der Waals surface area contributed by atoms with Crippen molar-refractivity contribution in [3.8, 4) is 12.1 Å². The second-order valence-electron chi connectivity index (χ2n) is 4.76. The van der Waals surface area contributed by atoms with Crippen LogP contribution < -0.4 is 0 Å². The minimum Gasteiger partial charge on any atom is -0.197 e. The van der Waals surface area contributed by atoms with Gasteiger partial charge in [-0.3, -0.25) is 0 Å². The number of hydrogen-bond acceptors (Lipinski definition) is 3. The molecule has 0 aliphatic carbocycles. The first kappa shape index (κ1) is 13.7. The predicted molar refractivity (Wildman–Crippen MR) is 70.8 cm³/mol. The molecule has 1 rings (SSSR count). The Bertz CT molecular complexity index is 435. The Morgan fingerprint density at radius 2 is 1.35 bits per heavy atom. The molecule has 1 aromatic heterocycles. The van der Waals surface area contributed by atoms with Gasteiger partial charge in [-0.25, -0.2) is 0 Å². The molecule has 0 fully saturated rings. The molecular formula is C14H18N2S. The van der Waals surface area contributed by atoms with E-state index in [4.69, 9.17) is 0 Å². The lowest BCUT2D eigenvalue weighted by Crippen LogP contribution is -2.17. The molecule has 0 radical (unpaired) electrons. The van der Waals surface area contributed by atoms with Crippen molar-refractivity contribution in [3.63, 3.8) is 0 Å². The Labute approximate surface area is 108 Å². The lowest BCUT2D eigenvalue weighted by molar-refractivity contribution is 0.597. The van der Waals surface area contributed by atoms with Crippen LogP contribution in [0.15, 0.2) is 12.1 Å². The first-order chi connectivity index (χ1) is 7.95. The molecule has 90 valence electrons. The van der Waals surface area contributed by atoms with E-state index in [-0.39, 0.29) is 0 Å². The van der Waals surface area contributed by atoms with Crippen molar-refractivity contribution >= 4 is 11.3 Å². The van der Waals surface area contributed by atoms with Crippen LogP contribution in [0.25, 0.3) is 0 Å². The second-order valence-corrected chi connectivity index (χ2v) is 5.84. The molecule has 1 aromatic rings. The van der Waals surface area contributed by atoms with Crippen molar-refractivity contribution < 1.29 is 0 Å². The average molecular weight is 246 g/mol. The maximum Gasteiger partial charge on any atom is 0.0884 e. The zero-order valence-electron chi connectivity index (χ0n) is 10.9. The van der Waals surface area contributed by atoms with Crippen LogP contribution in [0, 0.1) is 22.7 Å². The Balaban J connectivity index is 3.18. The van der Waals surface area contributed by atoms with Crippen molar-refractivity contribution in [1.82, 2.24) is 0 Å². The Morgan fingerprint density at radius 3 is 1.59 bits per heavy atom. The van der Waals surface area contributed by atoms with Gasteiger partial charge >= 0.3 is 0 Å². The van der Waals surface area contributed by atoms with Crippen molar-refractivity contribution in [3.05, 3.63) is 21.9 Å². The average Bonchev–Trinajstić information content (AvgIpc) is 2.87. The Morgan fingerprint density at radius 1 is 1.00 bits per heavy atom. The molecule has 0 aliphatic rings. The highest BCUT2D eigenvalue weighted by Crippen LogP contribution is 2.38. The van der Waals surface area contributed by atoms with E-state index >= 15 is 0 Å². The summed E-state index contributed by atoms with van der Waals surface area (Å²) < 4.78 is 0. The number of nitrogens with zero attached hydrogens (tertiary/aromatic N) is 2. The summed E-state index contributed by atoms with van der Waals surface area (Å²) in [6, 6.07) is 8.74. The van der Waals surface area contributed by atoms with Gasteiger partial charge in [0.1, 0.15) is 0 Å². The summed E-state index contributed by atoms with van der Waals surface area (Å²) in [5.74, 6) is 0. The van der Waals surface area contributed by atoms with Crippen LogP contribution in [-0.2, 0) is 10.8 Å². The summed E-state index contributed by atoms with van der Waals surface area (Å²) in [5.41, 5.74) is -0.847. The fourth-order valence-corrected chi connectivity index (χ4v) is 2.89. The van der Waals surface area contributed by atoms with Gasteiger partial charge in [0.2, 0.25) is 0 Å². The summed E-state index contributed by atoms with van der Waals surface area (Å²) in [5, 5.41) is 18.5. The third kappa shape index (κ3) is 2.35. The highest BCUT2D eigenvalue weighted by Gasteiger charge is 2.31. The smallest absolute Gasteiger partial charge is 0.0884 e. The van der Waals surface area contributed by atoms with E-state index in [2.05, 4.69) is 12.1 Å². The van der Waals surface area contributed by atoms with E-state index in [1.54, 1.807) is 11.3 Å². The standard InChI is InChI=1S/C14H18N2S/c1-5-13(3,9-15)11-7-8-12(17-11)14(4,6-2)10-16/h7-8H,5-6H2,1-4H3. The molecule has 0 saturated heterocycles. The first-order valence-electron chi connectivity index (χ1n) is 5.89. The largest absolute Gasteiger partial charge is 0.197 e. The van der Waals surface area contributed by atoms with Gasteiger partial charge in [-0.1, -0.05) is 13.8 Å². The van der Waals surface area contributed by atoms with Crippen molar-refractivity contribution in [2.45, 2.75) is 51.4 Å². The predicted octanol–water partition coefficient (Wildman–Crippen LogP) is 4.13. The maximum absolute atomic E-state index is 9.26. The molecule has 2 nitrogen and oxygen atoms in total. The molecule has 1 heterocycles. The second kappa shape index (κ2) is 4.90. The summed E-state index contributed by atoms with van der Waals surface area (Å²) in [7, 11) is 0. The van der Waals surface area contributed by atoms with Crippen LogP contribution in [0.2, 0.25) is 0 Å². The number of thiophene rings is 1. The molecular weight excluding hydrogens is 228 g/mol. The molecule has 2 unspecified atom stereocenters. The monoisotopic (exact) mass is 246 g/mol. The Kier molecular flexibility index (Phi) is 3.96. The van der Waals surface area contributed by atoms with Crippen LogP contribution in [0.1, 0.15) is 50.3 Å². The lowest BCUT2D eigenvalue weighted by atomic mass is 9.86. The SMILES string of the molecule is CCC(C)(C#N)c1ccc(C(C)(C#N)CC)s1.